The molecule has 0 amide bonds. The molecule has 1 aromatic heterocycles. The van der Waals surface area contributed by atoms with Crippen LogP contribution in [0.15, 0.2) is 35.2 Å². The Morgan fingerprint density at radius 2 is 2.00 bits per heavy atom. The predicted octanol–water partition coefficient (Wildman–Crippen LogP) is 4.17. The Balaban J connectivity index is 2.31. The van der Waals surface area contributed by atoms with Crippen molar-refractivity contribution in [1.29, 1.82) is 0 Å². The van der Waals surface area contributed by atoms with E-state index in [1.807, 2.05) is 17.5 Å². The number of halogens is 2. The van der Waals surface area contributed by atoms with Crippen LogP contribution in [0.5, 0.6) is 0 Å². The smallest absolute Gasteiger partial charge is 0.180 e. The molecular weight excluding hydrogens is 265 g/mol. The Morgan fingerprint density at radius 1 is 1.29 bits per heavy atom. The molecule has 0 unspecified atom stereocenters. The topological polar surface area (TPSA) is 12.9 Å². The zero-order valence-corrected chi connectivity index (χ0v) is 9.56. The monoisotopic (exact) mass is 271 g/mol. The molecule has 14 heavy (non-hydrogen) atoms. The van der Waals surface area contributed by atoms with Crippen molar-refractivity contribution in [2.45, 2.75) is 5.08 Å². The average molecular weight is 272 g/mol. The van der Waals surface area contributed by atoms with Crippen LogP contribution in [-0.2, 0) is 0 Å². The van der Waals surface area contributed by atoms with Gasteiger partial charge in [0.1, 0.15) is 0 Å². The van der Waals surface area contributed by atoms with Gasteiger partial charge in [-0.25, -0.2) is 9.37 Å². The maximum atomic E-state index is 12.8. The first-order valence-corrected chi connectivity index (χ1v) is 5.90. The highest BCUT2D eigenvalue weighted by Gasteiger charge is 2.05. The first kappa shape index (κ1) is 9.80. The van der Waals surface area contributed by atoms with E-state index < -0.39 is 5.08 Å². The van der Waals surface area contributed by atoms with Gasteiger partial charge >= 0.3 is 0 Å². The van der Waals surface area contributed by atoms with E-state index in [1.165, 1.54) is 0 Å². The molecule has 0 bridgehead atoms. The number of nitrogens with zero attached hydrogens (tertiary/aromatic N) is 1. The molecule has 2 rings (SSSR count). The van der Waals surface area contributed by atoms with Crippen LogP contribution in [-0.4, -0.2) is 4.98 Å². The van der Waals surface area contributed by atoms with Crippen molar-refractivity contribution in [2.75, 3.05) is 0 Å². The number of hydrogen-bond donors (Lipinski definition) is 0. The summed E-state index contributed by atoms with van der Waals surface area (Å²) in [5.41, 5.74) is 4.37. The third-order valence-corrected chi connectivity index (χ3v) is 3.01. The van der Waals surface area contributed by atoms with Crippen LogP contribution in [0.4, 0.5) is 4.39 Å². The van der Waals surface area contributed by atoms with E-state index in [1.54, 1.807) is 29.0 Å². The third-order valence-electron chi connectivity index (χ3n) is 1.89. The molecule has 0 fully saturated rings. The Hall–Kier alpha value is -0.740. The molecule has 4 heteroatoms. The normalized spacial score (nSPS) is 12.7. The zero-order chi connectivity index (χ0) is 9.97. The number of aromatic nitrogens is 1. The van der Waals surface area contributed by atoms with Crippen molar-refractivity contribution in [1.82, 2.24) is 4.98 Å². The van der Waals surface area contributed by atoms with Crippen molar-refractivity contribution < 1.29 is 4.39 Å². The standard InChI is InChI=1S/C10H7BrFNS/c11-10(12)8-3-1-7(2-4-8)9-5-14-6-13-9/h1-6,10H/t10-/m1/s1. The molecule has 0 aliphatic carbocycles. The highest BCUT2D eigenvalue weighted by Crippen LogP contribution is 2.26. The highest BCUT2D eigenvalue weighted by atomic mass is 79.9. The quantitative estimate of drug-likeness (QED) is 0.747. The van der Waals surface area contributed by atoms with Gasteiger partial charge in [-0.15, -0.1) is 11.3 Å². The van der Waals surface area contributed by atoms with E-state index in [4.69, 9.17) is 0 Å². The minimum Gasteiger partial charge on any atom is -0.245 e. The fraction of sp³-hybridized carbons (Fsp3) is 0.100. The average Bonchev–Trinajstić information content (AvgIpc) is 2.71. The van der Waals surface area contributed by atoms with Crippen LogP contribution in [0.2, 0.25) is 0 Å². The van der Waals surface area contributed by atoms with E-state index in [-0.39, 0.29) is 0 Å². The lowest BCUT2D eigenvalue weighted by Gasteiger charge is -2.01. The molecule has 2 aromatic rings. The fourth-order valence-corrected chi connectivity index (χ4v) is 2.02. The summed E-state index contributed by atoms with van der Waals surface area (Å²) in [7, 11) is 0. The summed E-state index contributed by atoms with van der Waals surface area (Å²) < 4.78 is 12.8. The first-order valence-electron chi connectivity index (χ1n) is 4.04. The molecular formula is C10H7BrFNS. The second-order valence-electron chi connectivity index (χ2n) is 2.80. The van der Waals surface area contributed by atoms with Gasteiger partial charge in [0.25, 0.3) is 0 Å². The SMILES string of the molecule is F[C@@H](Br)c1ccc(-c2cscn2)cc1. The molecule has 72 valence electrons. The maximum Gasteiger partial charge on any atom is 0.180 e. The van der Waals surface area contributed by atoms with Gasteiger partial charge in [0.05, 0.1) is 11.2 Å². The van der Waals surface area contributed by atoms with Crippen LogP contribution in [0.3, 0.4) is 0 Å². The number of benzene rings is 1. The van der Waals surface area contributed by atoms with E-state index >= 15 is 0 Å². The zero-order valence-electron chi connectivity index (χ0n) is 7.15. The van der Waals surface area contributed by atoms with Crippen molar-refractivity contribution >= 4 is 27.3 Å². The molecule has 1 heterocycles. The molecule has 0 radical (unpaired) electrons. The van der Waals surface area contributed by atoms with E-state index in [0.29, 0.717) is 5.56 Å². The van der Waals surface area contributed by atoms with Crippen molar-refractivity contribution in [3.05, 3.63) is 40.7 Å². The molecule has 1 aromatic carbocycles. The molecule has 0 N–H and O–H groups in total. The van der Waals surface area contributed by atoms with Gasteiger partial charge in [-0.1, -0.05) is 24.3 Å². The Labute approximate surface area is 93.7 Å². The van der Waals surface area contributed by atoms with Gasteiger partial charge in [-0.05, 0) is 21.5 Å². The van der Waals surface area contributed by atoms with Crippen LogP contribution >= 0.6 is 27.3 Å². The fourth-order valence-electron chi connectivity index (χ4n) is 1.15. The summed E-state index contributed by atoms with van der Waals surface area (Å²) in [6.45, 7) is 0. The van der Waals surface area contributed by atoms with Gasteiger partial charge < -0.3 is 0 Å². The second kappa shape index (κ2) is 4.19. The van der Waals surface area contributed by atoms with Crippen LogP contribution in [0.1, 0.15) is 10.6 Å². The maximum absolute atomic E-state index is 12.8. The second-order valence-corrected chi connectivity index (χ2v) is 4.32. The Bertz CT molecular complexity index is 397. The van der Waals surface area contributed by atoms with Gasteiger partial charge in [0, 0.05) is 10.9 Å². The third kappa shape index (κ3) is 2.01. The van der Waals surface area contributed by atoms with Crippen molar-refractivity contribution in [3.8, 4) is 11.3 Å². The molecule has 1 nitrogen and oxygen atoms in total. The molecule has 0 spiro atoms. The Kier molecular flexibility index (Phi) is 2.93. The van der Waals surface area contributed by atoms with E-state index in [9.17, 15) is 4.39 Å². The summed E-state index contributed by atoms with van der Waals surface area (Å²) in [6.07, 6.45) is 0. The number of alkyl halides is 2. The lowest BCUT2D eigenvalue weighted by molar-refractivity contribution is 0.479. The number of rotatable bonds is 2. The lowest BCUT2D eigenvalue weighted by atomic mass is 10.1. The van der Waals surface area contributed by atoms with E-state index in [2.05, 4.69) is 20.9 Å². The minimum absolute atomic E-state index is 0.629. The van der Waals surface area contributed by atoms with Gasteiger partial charge in [0.2, 0.25) is 0 Å². The molecule has 0 aliphatic heterocycles. The van der Waals surface area contributed by atoms with Crippen molar-refractivity contribution in [2.24, 2.45) is 0 Å². The molecule has 1 atom stereocenters. The van der Waals surface area contributed by atoms with Crippen LogP contribution in [0.25, 0.3) is 11.3 Å². The van der Waals surface area contributed by atoms with Gasteiger partial charge in [0.15, 0.2) is 5.08 Å². The number of thiazole rings is 1. The largest absolute Gasteiger partial charge is 0.245 e. The first-order chi connectivity index (χ1) is 6.77. The summed E-state index contributed by atoms with van der Waals surface area (Å²) in [5, 5.41) is 0.878. The molecule has 0 saturated heterocycles. The summed E-state index contributed by atoms with van der Waals surface area (Å²) in [4.78, 5) is 4.17. The van der Waals surface area contributed by atoms with Crippen LogP contribution < -0.4 is 0 Å². The molecule has 0 saturated carbocycles. The predicted molar refractivity (Wildman–Crippen MR) is 60.3 cm³/mol. The van der Waals surface area contributed by atoms with E-state index in [0.717, 1.165) is 11.3 Å². The summed E-state index contributed by atoms with van der Waals surface area (Å²) in [5.74, 6) is 0. The van der Waals surface area contributed by atoms with Crippen molar-refractivity contribution in [3.63, 3.8) is 0 Å². The highest BCUT2D eigenvalue weighted by molar-refractivity contribution is 9.09. The minimum atomic E-state index is -1.09. The van der Waals surface area contributed by atoms with Crippen LogP contribution in [0, 0.1) is 0 Å². The van der Waals surface area contributed by atoms with Gasteiger partial charge in [-0.2, -0.15) is 0 Å². The Morgan fingerprint density at radius 3 is 2.50 bits per heavy atom. The summed E-state index contributed by atoms with van der Waals surface area (Å²) in [6, 6.07) is 7.26. The number of hydrogen-bond acceptors (Lipinski definition) is 2. The lowest BCUT2D eigenvalue weighted by Crippen LogP contribution is -1.82. The summed E-state index contributed by atoms with van der Waals surface area (Å²) >= 11 is 4.43. The molecule has 0 aliphatic rings. The van der Waals surface area contributed by atoms with Gasteiger partial charge in [-0.3, -0.25) is 0 Å².